The van der Waals surface area contributed by atoms with Crippen molar-refractivity contribution in [2.75, 3.05) is 6.54 Å². The minimum absolute atomic E-state index is 0.109. The molecule has 1 aromatic rings. The molecular weight excluding hydrogens is 212 g/mol. The molecule has 0 saturated heterocycles. The van der Waals surface area contributed by atoms with Crippen LogP contribution in [0, 0.1) is 0 Å². The molecule has 0 spiro atoms. The molecule has 1 fully saturated rings. The zero-order chi connectivity index (χ0) is 10.4. The summed E-state index contributed by atoms with van der Waals surface area (Å²) in [7, 11) is 0. The number of nitrogens with two attached hydrogens (primary N) is 1. The van der Waals surface area contributed by atoms with Gasteiger partial charge in [-0.15, -0.1) is 0 Å². The summed E-state index contributed by atoms with van der Waals surface area (Å²) < 4.78 is 26.2. The molecule has 1 aliphatic carbocycles. The summed E-state index contributed by atoms with van der Waals surface area (Å²) in [6, 6.07) is 0. The van der Waals surface area contributed by atoms with Gasteiger partial charge in [-0.1, -0.05) is 11.6 Å². The topological polar surface area (TPSA) is 51.8 Å². The first-order valence-corrected chi connectivity index (χ1v) is 4.45. The van der Waals surface area contributed by atoms with Crippen molar-refractivity contribution in [2.24, 2.45) is 5.73 Å². The van der Waals surface area contributed by atoms with E-state index in [4.69, 9.17) is 17.3 Å². The number of halogens is 3. The predicted octanol–water partition coefficient (Wildman–Crippen LogP) is 1.37. The average molecular weight is 220 g/mol. The molecule has 0 aliphatic heterocycles. The number of aromatic nitrogens is 2. The van der Waals surface area contributed by atoms with Crippen LogP contribution in [0.3, 0.4) is 0 Å². The highest BCUT2D eigenvalue weighted by Gasteiger charge is 2.72. The zero-order valence-electron chi connectivity index (χ0n) is 7.17. The molecule has 14 heavy (non-hydrogen) atoms. The molecule has 76 valence electrons. The normalized spacial score (nSPS) is 28.9. The lowest BCUT2D eigenvalue weighted by atomic mass is 10.0. The quantitative estimate of drug-likeness (QED) is 0.817. The van der Waals surface area contributed by atoms with Gasteiger partial charge in [0.05, 0.1) is 17.3 Å². The summed E-state index contributed by atoms with van der Waals surface area (Å²) in [5.74, 6) is -2.78. The van der Waals surface area contributed by atoms with E-state index >= 15 is 0 Å². The zero-order valence-corrected chi connectivity index (χ0v) is 7.93. The highest BCUT2D eigenvalue weighted by atomic mass is 35.5. The van der Waals surface area contributed by atoms with Crippen LogP contribution in [-0.4, -0.2) is 22.4 Å². The van der Waals surface area contributed by atoms with Gasteiger partial charge in [-0.25, -0.2) is 13.8 Å². The maximum atomic E-state index is 13.1. The second-order valence-electron chi connectivity index (χ2n) is 3.39. The highest BCUT2D eigenvalue weighted by Crippen LogP contribution is 2.60. The summed E-state index contributed by atoms with van der Waals surface area (Å²) in [6.07, 6.45) is 2.32. The highest BCUT2D eigenvalue weighted by molar-refractivity contribution is 6.29. The van der Waals surface area contributed by atoms with Crippen LogP contribution in [0.2, 0.25) is 5.15 Å². The smallest absolute Gasteiger partial charge is 0.261 e. The monoisotopic (exact) mass is 219 g/mol. The first-order valence-electron chi connectivity index (χ1n) is 4.08. The van der Waals surface area contributed by atoms with Gasteiger partial charge in [-0.3, -0.25) is 4.98 Å². The van der Waals surface area contributed by atoms with Gasteiger partial charge < -0.3 is 5.73 Å². The Hall–Kier alpha value is -0.810. The van der Waals surface area contributed by atoms with Gasteiger partial charge in [0.1, 0.15) is 5.15 Å². The van der Waals surface area contributed by atoms with Crippen molar-refractivity contribution < 1.29 is 8.78 Å². The Kier molecular flexibility index (Phi) is 1.97. The molecule has 0 radical (unpaired) electrons. The lowest BCUT2D eigenvalue weighted by Crippen LogP contribution is -2.28. The fourth-order valence-corrected chi connectivity index (χ4v) is 1.66. The maximum absolute atomic E-state index is 13.1. The van der Waals surface area contributed by atoms with E-state index in [9.17, 15) is 8.78 Å². The van der Waals surface area contributed by atoms with Crippen LogP contribution in [0.15, 0.2) is 12.4 Å². The van der Waals surface area contributed by atoms with E-state index in [2.05, 4.69) is 9.97 Å². The van der Waals surface area contributed by atoms with E-state index < -0.39 is 11.3 Å². The molecule has 3 nitrogen and oxygen atoms in total. The van der Waals surface area contributed by atoms with Crippen LogP contribution < -0.4 is 5.73 Å². The SMILES string of the molecule is NCC1(c2cncc(Cl)n2)CC1(F)F. The van der Waals surface area contributed by atoms with Crippen LogP contribution >= 0.6 is 11.6 Å². The van der Waals surface area contributed by atoms with Gasteiger partial charge in [0, 0.05) is 19.2 Å². The summed E-state index contributed by atoms with van der Waals surface area (Å²) in [4.78, 5) is 7.54. The third kappa shape index (κ3) is 1.19. The van der Waals surface area contributed by atoms with Crippen molar-refractivity contribution in [3.05, 3.63) is 23.2 Å². The molecule has 6 heteroatoms. The van der Waals surface area contributed by atoms with E-state index in [1.807, 2.05) is 0 Å². The molecule has 2 N–H and O–H groups in total. The number of hydrogen-bond donors (Lipinski definition) is 1. The van der Waals surface area contributed by atoms with Gasteiger partial charge in [-0.2, -0.15) is 0 Å². The van der Waals surface area contributed by atoms with Gasteiger partial charge in [-0.05, 0) is 0 Å². The number of hydrogen-bond acceptors (Lipinski definition) is 3. The first-order chi connectivity index (χ1) is 6.52. The van der Waals surface area contributed by atoms with Crippen molar-refractivity contribution in [2.45, 2.75) is 17.8 Å². The van der Waals surface area contributed by atoms with Gasteiger partial charge in [0.25, 0.3) is 5.92 Å². The van der Waals surface area contributed by atoms with Crippen molar-refractivity contribution in [1.82, 2.24) is 9.97 Å². The lowest BCUT2D eigenvalue weighted by Gasteiger charge is -2.12. The second-order valence-corrected chi connectivity index (χ2v) is 3.78. The van der Waals surface area contributed by atoms with E-state index in [0.717, 1.165) is 0 Å². The van der Waals surface area contributed by atoms with Crippen LogP contribution in [0.5, 0.6) is 0 Å². The molecule has 1 atom stereocenters. The Morgan fingerprint density at radius 2 is 2.14 bits per heavy atom. The Bertz CT molecular complexity index is 371. The van der Waals surface area contributed by atoms with E-state index in [1.165, 1.54) is 12.4 Å². The largest absolute Gasteiger partial charge is 0.329 e. The lowest BCUT2D eigenvalue weighted by molar-refractivity contribution is 0.0885. The standard InChI is InChI=1S/C8H8ClF2N3/c9-6-2-13-1-5(14-6)7(4-12)3-8(7,10)11/h1-2H,3-4,12H2. The summed E-state index contributed by atoms with van der Waals surface area (Å²) in [6.45, 7) is -0.144. The summed E-state index contributed by atoms with van der Waals surface area (Å²) >= 11 is 5.57. The van der Waals surface area contributed by atoms with Gasteiger partial charge >= 0.3 is 0 Å². The van der Waals surface area contributed by atoms with E-state index in [-0.39, 0.29) is 23.8 Å². The van der Waals surface area contributed by atoms with E-state index in [0.29, 0.717) is 0 Å². The minimum Gasteiger partial charge on any atom is -0.329 e. The molecule has 1 saturated carbocycles. The Balaban J connectivity index is 2.40. The predicted molar refractivity (Wildman–Crippen MR) is 47.3 cm³/mol. The van der Waals surface area contributed by atoms with Crippen molar-refractivity contribution in [3.63, 3.8) is 0 Å². The molecule has 0 aromatic carbocycles. The molecule has 2 rings (SSSR count). The molecule has 1 aliphatic rings. The maximum Gasteiger partial charge on any atom is 0.261 e. The molecule has 1 aromatic heterocycles. The fraction of sp³-hybridized carbons (Fsp3) is 0.500. The molecule has 0 bridgehead atoms. The van der Waals surface area contributed by atoms with Crippen LogP contribution in [0.25, 0.3) is 0 Å². The summed E-state index contributed by atoms with van der Waals surface area (Å²) in [5, 5.41) is 0.109. The first kappa shape index (κ1) is 9.73. The van der Waals surface area contributed by atoms with Crippen molar-refractivity contribution >= 4 is 11.6 Å². The number of nitrogens with zero attached hydrogens (tertiary/aromatic N) is 2. The Labute approximate surface area is 84.3 Å². The van der Waals surface area contributed by atoms with Crippen molar-refractivity contribution in [3.8, 4) is 0 Å². The van der Waals surface area contributed by atoms with Gasteiger partial charge in [0.2, 0.25) is 0 Å². The van der Waals surface area contributed by atoms with Crippen LogP contribution in [0.4, 0.5) is 8.78 Å². The van der Waals surface area contributed by atoms with Crippen LogP contribution in [0.1, 0.15) is 12.1 Å². The third-order valence-corrected chi connectivity index (χ3v) is 2.72. The molecule has 1 unspecified atom stereocenters. The van der Waals surface area contributed by atoms with Gasteiger partial charge in [0.15, 0.2) is 0 Å². The minimum atomic E-state index is -2.78. The van der Waals surface area contributed by atoms with Crippen LogP contribution in [-0.2, 0) is 5.41 Å². The Morgan fingerprint density at radius 1 is 1.50 bits per heavy atom. The summed E-state index contributed by atoms with van der Waals surface area (Å²) in [5.41, 5.74) is 4.17. The molecule has 1 heterocycles. The third-order valence-electron chi connectivity index (χ3n) is 2.54. The number of alkyl halides is 2. The number of rotatable bonds is 2. The van der Waals surface area contributed by atoms with Crippen molar-refractivity contribution in [1.29, 1.82) is 0 Å². The second kappa shape index (κ2) is 2.84. The fourth-order valence-electron chi connectivity index (χ4n) is 1.51. The molecule has 0 amide bonds. The van der Waals surface area contributed by atoms with E-state index in [1.54, 1.807) is 0 Å². The Morgan fingerprint density at radius 3 is 2.57 bits per heavy atom. The average Bonchev–Trinajstić information content (AvgIpc) is 2.70. The molecular formula is C8H8ClF2N3.